The van der Waals surface area contributed by atoms with Crippen molar-refractivity contribution >= 4 is 46.4 Å². The molecule has 1 aliphatic rings. The van der Waals surface area contributed by atoms with E-state index in [0.717, 1.165) is 27.5 Å². The summed E-state index contributed by atoms with van der Waals surface area (Å²) < 4.78 is 0. The van der Waals surface area contributed by atoms with E-state index in [0.29, 0.717) is 11.4 Å². The first-order valence-corrected chi connectivity index (χ1v) is 19.2. The zero-order chi connectivity index (χ0) is 35.8. The first-order chi connectivity index (χ1) is 25.3. The highest BCUT2D eigenvalue weighted by Crippen LogP contribution is 2.45. The molecule has 7 aromatic rings. The second-order valence-electron chi connectivity index (χ2n) is 13.9. The first kappa shape index (κ1) is 33.5. The van der Waals surface area contributed by atoms with Gasteiger partial charge in [-0.25, -0.2) is 0 Å². The number of aliphatic imine (C=N–C) groups is 1. The Morgan fingerprint density at radius 3 is 1.67 bits per heavy atom. The van der Waals surface area contributed by atoms with E-state index in [2.05, 4.69) is 155 Å². The standard InChI is InChI=1S/C48H41N2OP/c1-32-25-33(2)28-41(27-32)52(42-29-34(3)26-35(4)30-42)44-22-14-13-21-43(44)47-49-45(37-16-7-5-8-17-37)46(38-18-9-6-10-19-38)50(47)48(51)40-24-23-36-15-11-12-20-39(36)31-40/h5-31,45-46H,1-4H3/t45-,46-/m1/s1. The molecule has 254 valence electrons. The number of carbonyl (C=O) groups is 1. The van der Waals surface area contributed by atoms with Crippen molar-refractivity contribution in [1.29, 1.82) is 0 Å². The lowest BCUT2D eigenvalue weighted by Crippen LogP contribution is -2.40. The Morgan fingerprint density at radius 2 is 1.06 bits per heavy atom. The van der Waals surface area contributed by atoms with Crippen LogP contribution in [0.2, 0.25) is 0 Å². The summed E-state index contributed by atoms with van der Waals surface area (Å²) in [7, 11) is -1.02. The van der Waals surface area contributed by atoms with Gasteiger partial charge in [-0.1, -0.05) is 174 Å². The number of fused-ring (bicyclic) bond motifs is 1. The number of amidine groups is 1. The molecule has 8 rings (SSSR count). The highest BCUT2D eigenvalue weighted by Gasteiger charge is 2.43. The summed E-state index contributed by atoms with van der Waals surface area (Å²) in [6.07, 6.45) is 0. The molecule has 4 heteroatoms. The van der Waals surface area contributed by atoms with Crippen LogP contribution in [-0.4, -0.2) is 16.6 Å². The fourth-order valence-electron chi connectivity index (χ4n) is 7.75. The van der Waals surface area contributed by atoms with Gasteiger partial charge in [0.25, 0.3) is 5.91 Å². The number of carbonyl (C=O) groups excluding carboxylic acids is 1. The summed E-state index contributed by atoms with van der Waals surface area (Å²) >= 11 is 0. The van der Waals surface area contributed by atoms with Crippen molar-refractivity contribution in [2.24, 2.45) is 4.99 Å². The minimum absolute atomic E-state index is 0.0614. The largest absolute Gasteiger partial charge is 0.282 e. The number of hydrogen-bond acceptors (Lipinski definition) is 2. The van der Waals surface area contributed by atoms with Crippen LogP contribution >= 0.6 is 7.92 Å². The molecule has 1 aliphatic heterocycles. The van der Waals surface area contributed by atoms with Gasteiger partial charge in [0.2, 0.25) is 0 Å². The summed E-state index contributed by atoms with van der Waals surface area (Å²) in [6, 6.07) is 56.9. The molecule has 0 radical (unpaired) electrons. The predicted octanol–water partition coefficient (Wildman–Crippen LogP) is 10.2. The third kappa shape index (κ3) is 6.49. The number of nitrogens with zero attached hydrogens (tertiary/aromatic N) is 2. The SMILES string of the molecule is Cc1cc(C)cc(P(c2cc(C)cc(C)c2)c2ccccc2C2=N[C@H](c3ccccc3)[C@@H](c3ccccc3)N2C(=O)c2ccc3ccccc3c2)c1. The Kier molecular flexibility index (Phi) is 9.14. The molecule has 0 aliphatic carbocycles. The van der Waals surface area contributed by atoms with Gasteiger partial charge in [0.05, 0.1) is 6.04 Å². The lowest BCUT2D eigenvalue weighted by Gasteiger charge is -2.31. The smallest absolute Gasteiger partial charge is 0.260 e. The van der Waals surface area contributed by atoms with Crippen LogP contribution in [0.5, 0.6) is 0 Å². The molecule has 7 aromatic carbocycles. The Hall–Kier alpha value is -5.63. The lowest BCUT2D eigenvalue weighted by molar-refractivity contribution is 0.0805. The number of rotatable bonds is 7. The molecule has 1 amide bonds. The maximum absolute atomic E-state index is 15.3. The average Bonchev–Trinajstić information content (AvgIpc) is 3.55. The highest BCUT2D eigenvalue weighted by molar-refractivity contribution is 7.80. The van der Waals surface area contributed by atoms with Crippen LogP contribution in [0.15, 0.2) is 169 Å². The topological polar surface area (TPSA) is 32.7 Å². The first-order valence-electron chi connectivity index (χ1n) is 17.9. The number of benzene rings is 7. The number of amides is 1. The van der Waals surface area contributed by atoms with Crippen LogP contribution in [0.3, 0.4) is 0 Å². The Balaban J connectivity index is 1.38. The average molecular weight is 693 g/mol. The van der Waals surface area contributed by atoms with Gasteiger partial charge in [0.1, 0.15) is 11.9 Å². The molecule has 0 aromatic heterocycles. The molecule has 0 N–H and O–H groups in total. The van der Waals surface area contributed by atoms with E-state index in [1.54, 1.807) is 0 Å². The molecule has 0 fully saturated rings. The monoisotopic (exact) mass is 692 g/mol. The van der Waals surface area contributed by atoms with Gasteiger partial charge < -0.3 is 0 Å². The normalized spacial score (nSPS) is 15.6. The summed E-state index contributed by atoms with van der Waals surface area (Å²) in [4.78, 5) is 22.9. The van der Waals surface area contributed by atoms with Crippen molar-refractivity contribution in [3.8, 4) is 0 Å². The zero-order valence-electron chi connectivity index (χ0n) is 30.0. The molecular weight excluding hydrogens is 652 g/mol. The van der Waals surface area contributed by atoms with Crippen molar-refractivity contribution in [2.45, 2.75) is 39.8 Å². The summed E-state index contributed by atoms with van der Waals surface area (Å²) in [5.41, 5.74) is 8.71. The van der Waals surface area contributed by atoms with E-state index in [4.69, 9.17) is 4.99 Å². The molecule has 0 spiro atoms. The van der Waals surface area contributed by atoms with Gasteiger partial charge in [-0.15, -0.1) is 0 Å². The second-order valence-corrected chi connectivity index (χ2v) is 16.1. The van der Waals surface area contributed by atoms with Crippen molar-refractivity contribution < 1.29 is 4.79 Å². The van der Waals surface area contributed by atoms with E-state index < -0.39 is 7.92 Å². The molecule has 0 saturated heterocycles. The van der Waals surface area contributed by atoms with Crippen molar-refractivity contribution in [3.63, 3.8) is 0 Å². The minimum atomic E-state index is -1.02. The maximum atomic E-state index is 15.3. The molecular formula is C48H41N2OP. The number of hydrogen-bond donors (Lipinski definition) is 0. The molecule has 0 bridgehead atoms. The van der Waals surface area contributed by atoms with Crippen molar-refractivity contribution in [1.82, 2.24) is 4.90 Å². The Morgan fingerprint density at radius 1 is 0.538 bits per heavy atom. The van der Waals surface area contributed by atoms with Crippen LogP contribution in [0.1, 0.15) is 61.4 Å². The number of aryl methyl sites for hydroxylation is 4. The lowest BCUT2D eigenvalue weighted by atomic mass is 9.93. The van der Waals surface area contributed by atoms with Gasteiger partial charge in [-0.05, 0) is 85.6 Å². The molecule has 0 saturated carbocycles. The van der Waals surface area contributed by atoms with Gasteiger partial charge in [0.15, 0.2) is 0 Å². The third-order valence-electron chi connectivity index (χ3n) is 9.88. The molecule has 52 heavy (non-hydrogen) atoms. The second kappa shape index (κ2) is 14.2. The van der Waals surface area contributed by atoms with Crippen LogP contribution in [0.4, 0.5) is 0 Å². The highest BCUT2D eigenvalue weighted by atomic mass is 31.1. The van der Waals surface area contributed by atoms with Crippen LogP contribution < -0.4 is 15.9 Å². The van der Waals surface area contributed by atoms with E-state index in [9.17, 15) is 0 Å². The summed E-state index contributed by atoms with van der Waals surface area (Å²) in [6.45, 7) is 8.71. The van der Waals surface area contributed by atoms with Gasteiger partial charge in [0, 0.05) is 11.1 Å². The fraction of sp³-hybridized carbons (Fsp3) is 0.125. The molecule has 2 atom stereocenters. The van der Waals surface area contributed by atoms with Crippen molar-refractivity contribution in [3.05, 3.63) is 208 Å². The van der Waals surface area contributed by atoms with E-state index >= 15 is 4.79 Å². The molecule has 3 nitrogen and oxygen atoms in total. The van der Waals surface area contributed by atoms with Gasteiger partial charge in [-0.2, -0.15) is 0 Å². The summed E-state index contributed by atoms with van der Waals surface area (Å²) in [5, 5.41) is 5.90. The van der Waals surface area contributed by atoms with E-state index in [1.807, 2.05) is 41.3 Å². The van der Waals surface area contributed by atoms with Crippen LogP contribution in [0.25, 0.3) is 10.8 Å². The molecule has 1 heterocycles. The third-order valence-corrected chi connectivity index (χ3v) is 12.3. The summed E-state index contributed by atoms with van der Waals surface area (Å²) in [5.74, 6) is 0.645. The van der Waals surface area contributed by atoms with Crippen LogP contribution in [0, 0.1) is 27.7 Å². The minimum Gasteiger partial charge on any atom is -0.282 e. The van der Waals surface area contributed by atoms with E-state index in [1.165, 1.54) is 38.2 Å². The fourth-order valence-corrected chi connectivity index (χ4v) is 10.6. The predicted molar refractivity (Wildman–Crippen MR) is 219 cm³/mol. The van der Waals surface area contributed by atoms with Crippen molar-refractivity contribution in [2.75, 3.05) is 0 Å². The van der Waals surface area contributed by atoms with Gasteiger partial charge >= 0.3 is 0 Å². The maximum Gasteiger partial charge on any atom is 0.260 e. The Labute approximate surface area is 308 Å². The van der Waals surface area contributed by atoms with Crippen LogP contribution in [-0.2, 0) is 0 Å². The molecule has 0 unspecified atom stereocenters. The van der Waals surface area contributed by atoms with E-state index in [-0.39, 0.29) is 18.0 Å². The zero-order valence-corrected chi connectivity index (χ0v) is 30.9. The quantitative estimate of drug-likeness (QED) is 0.153. The Bertz CT molecular complexity index is 2360. The van der Waals surface area contributed by atoms with Gasteiger partial charge in [-0.3, -0.25) is 14.7 Å².